The Kier molecular flexibility index (Phi) is 7.65. The zero-order chi connectivity index (χ0) is 32.1. The monoisotopic (exact) mass is 608 g/mol. The molecule has 0 radical (unpaired) electrons. The predicted molar refractivity (Wildman–Crippen MR) is 172 cm³/mol. The van der Waals surface area contributed by atoms with E-state index in [-0.39, 0.29) is 63.1 Å². The van der Waals surface area contributed by atoms with Crippen molar-refractivity contribution >= 4 is 17.7 Å². The topological polar surface area (TPSA) is 69.7 Å². The highest BCUT2D eigenvalue weighted by Crippen LogP contribution is 2.75. The molecule has 0 unspecified atom stereocenters. The molecule has 5 saturated carbocycles. The third-order valence-corrected chi connectivity index (χ3v) is 15.6. The summed E-state index contributed by atoms with van der Waals surface area (Å²) in [5, 5.41) is 0. The molecule has 5 nitrogen and oxygen atoms in total. The van der Waals surface area contributed by atoms with Crippen molar-refractivity contribution in [2.24, 2.45) is 56.2 Å². The summed E-state index contributed by atoms with van der Waals surface area (Å²) in [6, 6.07) is 0. The van der Waals surface area contributed by atoms with Crippen molar-refractivity contribution in [3.63, 3.8) is 0 Å². The van der Waals surface area contributed by atoms with Crippen LogP contribution in [-0.4, -0.2) is 29.9 Å². The minimum absolute atomic E-state index is 0.00260. The van der Waals surface area contributed by atoms with Crippen molar-refractivity contribution in [3.8, 4) is 0 Å². The Morgan fingerprint density at radius 1 is 0.818 bits per heavy atom. The number of rotatable bonds is 3. The summed E-state index contributed by atoms with van der Waals surface area (Å²) < 4.78 is 12.2. The number of carbonyl (C=O) groups excluding carboxylic acids is 3. The lowest BCUT2D eigenvalue weighted by molar-refractivity contribution is -0.210. The standard InChI is InChI=1S/C39H60O5/c1-24-12-10-11-13-29(24)44-33(42)36(6)19-18-35(5)20-21-38(8)26(27(35)23-36)22-28(41)32-37(7)16-15-31(43-25(2)40)34(3,4)30(37)14-17-39(32,38)9/h22,24,27,29-32H,10-21,23H2,1-9H3/t24-,27-,29+,30-,31-,32-,35+,36+,37-,38+,39-/m0/s1. The summed E-state index contributed by atoms with van der Waals surface area (Å²) in [5.74, 6) is 1.03. The molecule has 6 rings (SSSR count). The van der Waals surface area contributed by atoms with Crippen molar-refractivity contribution in [2.45, 2.75) is 158 Å². The Balaban J connectivity index is 1.33. The van der Waals surface area contributed by atoms with Gasteiger partial charge in [0.1, 0.15) is 12.2 Å². The third-order valence-electron chi connectivity index (χ3n) is 15.6. The van der Waals surface area contributed by atoms with Gasteiger partial charge in [-0.25, -0.2) is 0 Å². The van der Waals surface area contributed by atoms with E-state index in [0.29, 0.717) is 17.6 Å². The zero-order valence-electron chi connectivity index (χ0n) is 29.3. The number of ether oxygens (including phenoxy) is 2. The average molecular weight is 609 g/mol. The highest BCUT2D eigenvalue weighted by atomic mass is 16.5. The number of esters is 2. The van der Waals surface area contributed by atoms with Crippen molar-refractivity contribution in [3.05, 3.63) is 11.6 Å². The van der Waals surface area contributed by atoms with Crippen LogP contribution >= 0.6 is 0 Å². The number of fused-ring (bicyclic) bond motifs is 7. The summed E-state index contributed by atoms with van der Waals surface area (Å²) in [7, 11) is 0. The van der Waals surface area contributed by atoms with Gasteiger partial charge in [-0.3, -0.25) is 14.4 Å². The predicted octanol–water partition coefficient (Wildman–Crippen LogP) is 9.02. The van der Waals surface area contributed by atoms with Crippen LogP contribution in [0.15, 0.2) is 11.6 Å². The fraction of sp³-hybridized carbons (Fsp3) is 0.872. The molecule has 5 heteroatoms. The second kappa shape index (κ2) is 10.4. The van der Waals surface area contributed by atoms with Crippen LogP contribution in [0.25, 0.3) is 0 Å². The van der Waals surface area contributed by atoms with Gasteiger partial charge in [-0.1, -0.05) is 60.5 Å². The van der Waals surface area contributed by atoms with Gasteiger partial charge in [0.2, 0.25) is 0 Å². The fourth-order valence-corrected chi connectivity index (χ4v) is 12.5. The van der Waals surface area contributed by atoms with Crippen LogP contribution in [0.4, 0.5) is 0 Å². The van der Waals surface area contributed by atoms with E-state index in [1.807, 2.05) is 0 Å². The second-order valence-corrected chi connectivity index (χ2v) is 18.4. The number of hydrogen-bond donors (Lipinski definition) is 0. The van der Waals surface area contributed by atoms with E-state index in [9.17, 15) is 14.4 Å². The summed E-state index contributed by atoms with van der Waals surface area (Å²) in [4.78, 5) is 40.6. The van der Waals surface area contributed by atoms with Gasteiger partial charge in [-0.15, -0.1) is 0 Å². The quantitative estimate of drug-likeness (QED) is 0.299. The lowest BCUT2D eigenvalue weighted by Crippen LogP contribution is -2.66. The van der Waals surface area contributed by atoms with Crippen LogP contribution in [0.2, 0.25) is 0 Å². The van der Waals surface area contributed by atoms with Crippen molar-refractivity contribution in [2.75, 3.05) is 0 Å². The largest absolute Gasteiger partial charge is 0.462 e. The molecule has 0 aromatic heterocycles. The molecule has 0 aliphatic heterocycles. The molecular formula is C39H60O5. The number of allylic oxidation sites excluding steroid dienone is 2. The first-order valence-corrected chi connectivity index (χ1v) is 18.1. The first-order valence-electron chi connectivity index (χ1n) is 18.1. The molecule has 5 fully saturated rings. The van der Waals surface area contributed by atoms with E-state index in [1.54, 1.807) is 0 Å². The van der Waals surface area contributed by atoms with E-state index < -0.39 is 5.41 Å². The van der Waals surface area contributed by atoms with Gasteiger partial charge in [0, 0.05) is 18.3 Å². The molecular weight excluding hydrogens is 548 g/mol. The third kappa shape index (κ3) is 4.54. The maximum absolute atomic E-state index is 14.7. The Morgan fingerprint density at radius 2 is 1.50 bits per heavy atom. The first kappa shape index (κ1) is 32.3. The van der Waals surface area contributed by atoms with Gasteiger partial charge in [0.25, 0.3) is 0 Å². The minimum Gasteiger partial charge on any atom is -0.462 e. The Labute approximate surface area is 267 Å². The second-order valence-electron chi connectivity index (χ2n) is 18.4. The van der Waals surface area contributed by atoms with Crippen LogP contribution < -0.4 is 0 Å². The van der Waals surface area contributed by atoms with Gasteiger partial charge < -0.3 is 9.47 Å². The average Bonchev–Trinajstić information content (AvgIpc) is 2.93. The van der Waals surface area contributed by atoms with Gasteiger partial charge >= 0.3 is 11.9 Å². The fourth-order valence-electron chi connectivity index (χ4n) is 12.5. The van der Waals surface area contributed by atoms with Gasteiger partial charge in [0.15, 0.2) is 5.78 Å². The Hall–Kier alpha value is -1.65. The molecule has 0 spiro atoms. The summed E-state index contributed by atoms with van der Waals surface area (Å²) >= 11 is 0. The Morgan fingerprint density at radius 3 is 2.18 bits per heavy atom. The van der Waals surface area contributed by atoms with Crippen molar-refractivity contribution < 1.29 is 23.9 Å². The van der Waals surface area contributed by atoms with E-state index in [0.717, 1.165) is 77.0 Å². The molecule has 0 aromatic rings. The molecule has 246 valence electrons. The lowest BCUT2D eigenvalue weighted by atomic mass is 9.33. The molecule has 0 amide bonds. The van der Waals surface area contributed by atoms with Crippen LogP contribution in [0.5, 0.6) is 0 Å². The minimum atomic E-state index is -0.510. The highest BCUT2D eigenvalue weighted by Gasteiger charge is 2.70. The maximum atomic E-state index is 14.7. The smallest absolute Gasteiger partial charge is 0.312 e. The zero-order valence-corrected chi connectivity index (χ0v) is 29.3. The Bertz CT molecular complexity index is 1250. The summed E-state index contributed by atoms with van der Waals surface area (Å²) in [5.41, 5.74) is 0.393. The lowest BCUT2D eigenvalue weighted by Gasteiger charge is -2.70. The van der Waals surface area contributed by atoms with Crippen LogP contribution in [0.3, 0.4) is 0 Å². The molecule has 44 heavy (non-hydrogen) atoms. The van der Waals surface area contributed by atoms with Gasteiger partial charge in [-0.05, 0) is 129 Å². The maximum Gasteiger partial charge on any atom is 0.312 e. The number of hydrogen-bond acceptors (Lipinski definition) is 5. The van der Waals surface area contributed by atoms with Crippen molar-refractivity contribution in [1.82, 2.24) is 0 Å². The molecule has 6 aliphatic carbocycles. The van der Waals surface area contributed by atoms with Crippen LogP contribution in [0, 0.1) is 56.2 Å². The molecule has 0 heterocycles. The molecule has 11 atom stereocenters. The molecule has 0 bridgehead atoms. The van der Waals surface area contributed by atoms with Crippen LogP contribution in [0.1, 0.15) is 146 Å². The highest BCUT2D eigenvalue weighted by molar-refractivity contribution is 5.95. The molecule has 6 aliphatic rings. The van der Waals surface area contributed by atoms with Crippen molar-refractivity contribution in [1.29, 1.82) is 0 Å². The summed E-state index contributed by atoms with van der Waals surface area (Å²) in [6.45, 7) is 20.2. The van der Waals surface area contributed by atoms with E-state index in [2.05, 4.69) is 61.5 Å². The molecule has 0 N–H and O–H groups in total. The van der Waals surface area contributed by atoms with Crippen LogP contribution in [-0.2, 0) is 23.9 Å². The van der Waals surface area contributed by atoms with E-state index >= 15 is 0 Å². The van der Waals surface area contributed by atoms with E-state index in [4.69, 9.17) is 9.47 Å². The van der Waals surface area contributed by atoms with Gasteiger partial charge in [-0.2, -0.15) is 0 Å². The van der Waals surface area contributed by atoms with E-state index in [1.165, 1.54) is 18.9 Å². The summed E-state index contributed by atoms with van der Waals surface area (Å²) in [6.07, 6.45) is 15.3. The van der Waals surface area contributed by atoms with Gasteiger partial charge in [0.05, 0.1) is 5.41 Å². The first-order chi connectivity index (χ1) is 20.4. The number of carbonyl (C=O) groups is 3. The molecule has 0 aromatic carbocycles. The number of ketones is 1. The SMILES string of the molecule is CC(=O)O[C@H]1CC[C@@]2(C)[C@@H](CC[C@@]3(C)[C@H]2C(=O)C=C2[C@@H]4C[C@](C)(C(=O)O[C@@H]5CCCC[C@@H]5C)CC[C@]4(C)CC[C@]23C)C1(C)C. The normalized spacial score (nSPS) is 49.8. The molecule has 0 saturated heterocycles.